The van der Waals surface area contributed by atoms with Crippen LogP contribution in [-0.4, -0.2) is 11.3 Å². The first-order valence-corrected chi connectivity index (χ1v) is 6.25. The number of hydrogen-bond acceptors (Lipinski definition) is 3. The molecule has 0 unspecified atom stereocenters. The van der Waals surface area contributed by atoms with Crippen molar-refractivity contribution in [1.82, 2.24) is 0 Å². The largest absolute Gasteiger partial charge is 0.398 e. The minimum atomic E-state index is 0.0188. The number of nitrogen functional groups attached to an aromatic ring is 1. The zero-order valence-electron chi connectivity index (χ0n) is 10.5. The maximum Gasteiger partial charge on any atom is 0.161 e. The van der Waals surface area contributed by atoms with E-state index in [1.54, 1.807) is 13.0 Å². The highest BCUT2D eigenvalue weighted by Gasteiger charge is 2.34. The Labute approximate surface area is 102 Å². The van der Waals surface area contributed by atoms with E-state index in [9.17, 15) is 4.79 Å². The van der Waals surface area contributed by atoms with Crippen LogP contribution in [0.15, 0.2) is 18.2 Å². The Morgan fingerprint density at radius 1 is 1.47 bits per heavy atom. The van der Waals surface area contributed by atoms with Gasteiger partial charge in [0.2, 0.25) is 0 Å². The SMILES string of the molecule is CCC1(Nc2ccc(N)c(C(C)=O)c2)CCC1. The van der Waals surface area contributed by atoms with Crippen LogP contribution >= 0.6 is 0 Å². The van der Waals surface area contributed by atoms with Gasteiger partial charge in [-0.15, -0.1) is 0 Å². The van der Waals surface area contributed by atoms with E-state index < -0.39 is 0 Å². The van der Waals surface area contributed by atoms with Gasteiger partial charge in [0.15, 0.2) is 5.78 Å². The summed E-state index contributed by atoms with van der Waals surface area (Å²) in [7, 11) is 0. The maximum atomic E-state index is 11.4. The summed E-state index contributed by atoms with van der Waals surface area (Å²) in [6, 6.07) is 5.63. The van der Waals surface area contributed by atoms with E-state index in [-0.39, 0.29) is 11.3 Å². The van der Waals surface area contributed by atoms with Crippen LogP contribution in [0.3, 0.4) is 0 Å². The first kappa shape index (κ1) is 12.0. The van der Waals surface area contributed by atoms with Gasteiger partial charge in [-0.25, -0.2) is 0 Å². The molecule has 3 N–H and O–H groups in total. The number of hydrogen-bond donors (Lipinski definition) is 2. The van der Waals surface area contributed by atoms with Crippen molar-refractivity contribution in [3.05, 3.63) is 23.8 Å². The third-order valence-electron chi connectivity index (χ3n) is 3.83. The molecule has 3 heteroatoms. The second kappa shape index (κ2) is 4.40. The van der Waals surface area contributed by atoms with Gasteiger partial charge in [-0.2, -0.15) is 0 Å². The molecule has 0 saturated heterocycles. The molecule has 17 heavy (non-hydrogen) atoms. The van der Waals surface area contributed by atoms with Crippen LogP contribution < -0.4 is 11.1 Å². The summed E-state index contributed by atoms with van der Waals surface area (Å²) >= 11 is 0. The highest BCUT2D eigenvalue weighted by molar-refractivity contribution is 6.00. The molecule has 3 nitrogen and oxygen atoms in total. The number of anilines is 2. The van der Waals surface area contributed by atoms with E-state index in [4.69, 9.17) is 5.73 Å². The fourth-order valence-electron chi connectivity index (χ4n) is 2.42. The highest BCUT2D eigenvalue weighted by Crippen LogP contribution is 2.38. The number of rotatable bonds is 4. The molecule has 0 heterocycles. The van der Waals surface area contributed by atoms with Crippen molar-refractivity contribution in [3.63, 3.8) is 0 Å². The number of carbonyl (C=O) groups is 1. The normalized spacial score (nSPS) is 17.3. The summed E-state index contributed by atoms with van der Waals surface area (Å²) in [5, 5.41) is 3.56. The van der Waals surface area contributed by atoms with Crippen LogP contribution in [0.1, 0.15) is 49.9 Å². The van der Waals surface area contributed by atoms with E-state index in [0.717, 1.165) is 12.1 Å². The minimum Gasteiger partial charge on any atom is -0.398 e. The standard InChI is InChI=1S/C14H20N2O/c1-3-14(7-4-8-14)16-11-5-6-13(15)12(9-11)10(2)17/h5-6,9,16H,3-4,7-8,15H2,1-2H3. The van der Waals surface area contributed by atoms with Crippen molar-refractivity contribution in [3.8, 4) is 0 Å². The highest BCUT2D eigenvalue weighted by atomic mass is 16.1. The van der Waals surface area contributed by atoms with E-state index in [0.29, 0.717) is 11.3 Å². The molecular weight excluding hydrogens is 212 g/mol. The predicted octanol–water partition coefficient (Wildman–Crippen LogP) is 3.22. The van der Waals surface area contributed by atoms with Crippen LogP contribution in [0.25, 0.3) is 0 Å². The van der Waals surface area contributed by atoms with Crippen LogP contribution in [0.2, 0.25) is 0 Å². The molecule has 0 aromatic heterocycles. The number of Topliss-reactive ketones (excluding diaryl/α,β-unsaturated/α-hetero) is 1. The third kappa shape index (κ3) is 2.28. The molecule has 1 aromatic carbocycles. The van der Waals surface area contributed by atoms with E-state index in [1.165, 1.54) is 19.3 Å². The average molecular weight is 232 g/mol. The van der Waals surface area contributed by atoms with Crippen molar-refractivity contribution in [2.24, 2.45) is 0 Å². The molecule has 0 amide bonds. The number of nitrogens with two attached hydrogens (primary N) is 1. The summed E-state index contributed by atoms with van der Waals surface area (Å²) in [6.07, 6.45) is 4.83. The van der Waals surface area contributed by atoms with E-state index >= 15 is 0 Å². The van der Waals surface area contributed by atoms with Crippen molar-refractivity contribution >= 4 is 17.2 Å². The molecule has 1 fully saturated rings. The smallest absolute Gasteiger partial charge is 0.161 e. The number of carbonyl (C=O) groups excluding carboxylic acids is 1. The summed E-state index contributed by atoms with van der Waals surface area (Å²) in [5.74, 6) is 0.0188. The molecule has 0 radical (unpaired) electrons. The van der Waals surface area contributed by atoms with Gasteiger partial charge in [0.25, 0.3) is 0 Å². The molecule has 0 bridgehead atoms. The van der Waals surface area contributed by atoms with Gasteiger partial charge >= 0.3 is 0 Å². The Hall–Kier alpha value is -1.51. The number of nitrogens with one attached hydrogen (secondary N) is 1. The van der Waals surface area contributed by atoms with Crippen LogP contribution in [-0.2, 0) is 0 Å². The second-order valence-electron chi connectivity index (χ2n) is 4.97. The van der Waals surface area contributed by atoms with Gasteiger partial charge in [0, 0.05) is 22.5 Å². The maximum absolute atomic E-state index is 11.4. The van der Waals surface area contributed by atoms with Gasteiger partial charge in [-0.1, -0.05) is 6.92 Å². The van der Waals surface area contributed by atoms with E-state index in [2.05, 4.69) is 12.2 Å². The van der Waals surface area contributed by atoms with Gasteiger partial charge in [-0.05, 0) is 50.8 Å². The number of ketones is 1. The lowest BCUT2D eigenvalue weighted by atomic mass is 9.74. The van der Waals surface area contributed by atoms with Crippen molar-refractivity contribution in [1.29, 1.82) is 0 Å². The zero-order valence-corrected chi connectivity index (χ0v) is 10.5. The fraction of sp³-hybridized carbons (Fsp3) is 0.500. The van der Waals surface area contributed by atoms with Gasteiger partial charge in [0.1, 0.15) is 0 Å². The first-order valence-electron chi connectivity index (χ1n) is 6.25. The lowest BCUT2D eigenvalue weighted by Crippen LogP contribution is -2.44. The average Bonchev–Trinajstić information content (AvgIpc) is 2.25. The molecule has 2 rings (SSSR count). The Morgan fingerprint density at radius 3 is 2.65 bits per heavy atom. The fourth-order valence-corrected chi connectivity index (χ4v) is 2.42. The summed E-state index contributed by atoms with van der Waals surface area (Å²) < 4.78 is 0. The molecule has 0 spiro atoms. The monoisotopic (exact) mass is 232 g/mol. The molecule has 1 aromatic rings. The third-order valence-corrected chi connectivity index (χ3v) is 3.83. The van der Waals surface area contributed by atoms with Gasteiger partial charge < -0.3 is 11.1 Å². The van der Waals surface area contributed by atoms with Crippen LogP contribution in [0.5, 0.6) is 0 Å². The zero-order chi connectivity index (χ0) is 12.5. The van der Waals surface area contributed by atoms with Crippen molar-refractivity contribution < 1.29 is 4.79 Å². The molecule has 1 saturated carbocycles. The van der Waals surface area contributed by atoms with E-state index in [1.807, 2.05) is 12.1 Å². The molecule has 92 valence electrons. The van der Waals surface area contributed by atoms with Crippen LogP contribution in [0, 0.1) is 0 Å². The second-order valence-corrected chi connectivity index (χ2v) is 4.97. The quantitative estimate of drug-likeness (QED) is 0.619. The Morgan fingerprint density at radius 2 is 2.18 bits per heavy atom. The topological polar surface area (TPSA) is 55.1 Å². The van der Waals surface area contributed by atoms with Gasteiger partial charge in [-0.3, -0.25) is 4.79 Å². The molecule has 1 aliphatic rings. The first-order chi connectivity index (χ1) is 8.06. The summed E-state index contributed by atoms with van der Waals surface area (Å²) in [6.45, 7) is 3.75. The van der Waals surface area contributed by atoms with Crippen LogP contribution in [0.4, 0.5) is 11.4 Å². The molecule has 0 aliphatic heterocycles. The van der Waals surface area contributed by atoms with Gasteiger partial charge in [0.05, 0.1) is 0 Å². The Balaban J connectivity index is 2.22. The number of benzene rings is 1. The lowest BCUT2D eigenvalue weighted by molar-refractivity contribution is 0.101. The predicted molar refractivity (Wildman–Crippen MR) is 71.4 cm³/mol. The summed E-state index contributed by atoms with van der Waals surface area (Å²) in [4.78, 5) is 11.4. The Bertz CT molecular complexity index is 430. The van der Waals surface area contributed by atoms with Crippen molar-refractivity contribution in [2.75, 3.05) is 11.1 Å². The molecular formula is C14H20N2O. The van der Waals surface area contributed by atoms with Crippen molar-refractivity contribution in [2.45, 2.75) is 45.1 Å². The minimum absolute atomic E-state index is 0.0188. The lowest BCUT2D eigenvalue weighted by Gasteiger charge is -2.43. The molecule has 1 aliphatic carbocycles. The Kier molecular flexibility index (Phi) is 3.09. The summed E-state index contributed by atoms with van der Waals surface area (Å²) in [5.41, 5.74) is 8.20. The molecule has 0 atom stereocenters.